The number of para-hydroxylation sites is 1. The standard InChI is InChI=1S/C20H29N3O2/c1-25-15-18(24)9-10-21-14-17-13-16-7-3-4-8-19(16)22-20(17)23-11-5-2-6-12-23/h3-4,7-8,13,18,21,24H,2,5-6,9-12,14-15H2,1H3. The van der Waals surface area contributed by atoms with Gasteiger partial charge in [-0.2, -0.15) is 0 Å². The Bertz CT molecular complexity index is 671. The number of anilines is 1. The van der Waals surface area contributed by atoms with Gasteiger partial charge in [-0.05, 0) is 44.4 Å². The van der Waals surface area contributed by atoms with Gasteiger partial charge in [0.2, 0.25) is 0 Å². The highest BCUT2D eigenvalue weighted by atomic mass is 16.5. The van der Waals surface area contributed by atoms with Crippen LogP contribution in [0.25, 0.3) is 10.9 Å². The average molecular weight is 343 g/mol. The second-order valence-corrected chi connectivity index (χ2v) is 6.79. The molecule has 1 aromatic carbocycles. The number of aromatic nitrogens is 1. The van der Waals surface area contributed by atoms with Crippen LogP contribution in [0, 0.1) is 0 Å². The van der Waals surface area contributed by atoms with Crippen LogP contribution in [0.1, 0.15) is 31.2 Å². The van der Waals surface area contributed by atoms with E-state index in [-0.39, 0.29) is 0 Å². The number of piperidine rings is 1. The number of methoxy groups -OCH3 is 1. The number of pyridine rings is 1. The summed E-state index contributed by atoms with van der Waals surface area (Å²) in [6.07, 6.45) is 4.08. The summed E-state index contributed by atoms with van der Waals surface area (Å²) in [7, 11) is 1.61. The number of rotatable bonds is 8. The maximum Gasteiger partial charge on any atom is 0.133 e. The van der Waals surface area contributed by atoms with E-state index < -0.39 is 6.10 Å². The highest BCUT2D eigenvalue weighted by Crippen LogP contribution is 2.26. The van der Waals surface area contributed by atoms with E-state index in [1.165, 1.54) is 30.2 Å². The molecule has 0 spiro atoms. The van der Waals surface area contributed by atoms with Crippen LogP contribution in [0.4, 0.5) is 5.82 Å². The fourth-order valence-corrected chi connectivity index (χ4v) is 3.43. The van der Waals surface area contributed by atoms with E-state index in [0.717, 1.165) is 37.5 Å². The lowest BCUT2D eigenvalue weighted by Gasteiger charge is -2.30. The molecule has 1 aliphatic heterocycles. The van der Waals surface area contributed by atoms with E-state index in [4.69, 9.17) is 9.72 Å². The molecule has 1 fully saturated rings. The second-order valence-electron chi connectivity index (χ2n) is 6.79. The first-order chi connectivity index (χ1) is 12.3. The van der Waals surface area contributed by atoms with Crippen molar-refractivity contribution < 1.29 is 9.84 Å². The van der Waals surface area contributed by atoms with Crippen molar-refractivity contribution in [1.82, 2.24) is 10.3 Å². The van der Waals surface area contributed by atoms with Gasteiger partial charge in [0.25, 0.3) is 0 Å². The predicted molar refractivity (Wildman–Crippen MR) is 102 cm³/mol. The van der Waals surface area contributed by atoms with Crippen LogP contribution < -0.4 is 10.2 Å². The minimum Gasteiger partial charge on any atom is -0.391 e. The summed E-state index contributed by atoms with van der Waals surface area (Å²) >= 11 is 0. The Hall–Kier alpha value is -1.69. The lowest BCUT2D eigenvalue weighted by atomic mass is 10.1. The zero-order valence-corrected chi connectivity index (χ0v) is 15.1. The van der Waals surface area contributed by atoms with Crippen molar-refractivity contribution in [2.75, 3.05) is 38.3 Å². The van der Waals surface area contributed by atoms with Gasteiger partial charge < -0.3 is 20.1 Å². The van der Waals surface area contributed by atoms with Crippen LogP contribution in [0.5, 0.6) is 0 Å². The van der Waals surface area contributed by atoms with E-state index in [2.05, 4.69) is 34.5 Å². The molecule has 2 aromatic rings. The molecule has 2 heterocycles. The number of hydrogen-bond donors (Lipinski definition) is 2. The van der Waals surface area contributed by atoms with Crippen molar-refractivity contribution in [3.8, 4) is 0 Å². The minimum absolute atomic E-state index is 0.387. The molecule has 136 valence electrons. The largest absolute Gasteiger partial charge is 0.391 e. The van der Waals surface area contributed by atoms with Crippen LogP contribution in [0.15, 0.2) is 30.3 Å². The van der Waals surface area contributed by atoms with Crippen molar-refractivity contribution in [2.24, 2.45) is 0 Å². The summed E-state index contributed by atoms with van der Waals surface area (Å²) in [5.74, 6) is 1.11. The van der Waals surface area contributed by atoms with Crippen molar-refractivity contribution >= 4 is 16.7 Å². The monoisotopic (exact) mass is 343 g/mol. The van der Waals surface area contributed by atoms with E-state index in [9.17, 15) is 5.11 Å². The number of fused-ring (bicyclic) bond motifs is 1. The zero-order valence-electron chi connectivity index (χ0n) is 15.1. The Kier molecular flexibility index (Phi) is 6.62. The lowest BCUT2D eigenvalue weighted by molar-refractivity contribution is 0.0594. The smallest absolute Gasteiger partial charge is 0.133 e. The third kappa shape index (κ3) is 4.91. The molecule has 0 amide bonds. The van der Waals surface area contributed by atoms with Gasteiger partial charge in [0, 0.05) is 37.7 Å². The van der Waals surface area contributed by atoms with Gasteiger partial charge in [-0.1, -0.05) is 18.2 Å². The molecular weight excluding hydrogens is 314 g/mol. The van der Waals surface area contributed by atoms with Gasteiger partial charge in [-0.3, -0.25) is 0 Å². The number of ether oxygens (including phenoxy) is 1. The Labute approximate surface area is 150 Å². The molecule has 1 aromatic heterocycles. The first kappa shape index (κ1) is 18.1. The molecule has 1 unspecified atom stereocenters. The van der Waals surface area contributed by atoms with Crippen LogP contribution in [-0.2, 0) is 11.3 Å². The summed E-state index contributed by atoms with van der Waals surface area (Å²) < 4.78 is 4.97. The average Bonchev–Trinajstić information content (AvgIpc) is 2.65. The number of aliphatic hydroxyl groups is 1. The van der Waals surface area contributed by atoms with Crippen molar-refractivity contribution in [2.45, 2.75) is 38.3 Å². The van der Waals surface area contributed by atoms with E-state index in [1.807, 2.05) is 6.07 Å². The fourth-order valence-electron chi connectivity index (χ4n) is 3.43. The first-order valence-electron chi connectivity index (χ1n) is 9.29. The number of benzene rings is 1. The topological polar surface area (TPSA) is 57.6 Å². The van der Waals surface area contributed by atoms with Gasteiger partial charge in [-0.15, -0.1) is 0 Å². The summed E-state index contributed by atoms with van der Waals surface area (Å²) in [5, 5.41) is 14.4. The summed E-state index contributed by atoms with van der Waals surface area (Å²) in [4.78, 5) is 7.38. The molecule has 2 N–H and O–H groups in total. The van der Waals surface area contributed by atoms with E-state index in [1.54, 1.807) is 7.11 Å². The molecule has 25 heavy (non-hydrogen) atoms. The van der Waals surface area contributed by atoms with Crippen LogP contribution in [0.3, 0.4) is 0 Å². The zero-order chi connectivity index (χ0) is 17.5. The molecule has 0 aliphatic carbocycles. The summed E-state index contributed by atoms with van der Waals surface area (Å²) in [5.41, 5.74) is 2.30. The SMILES string of the molecule is COCC(O)CCNCc1cc2ccccc2nc1N1CCCCC1. The van der Waals surface area contributed by atoms with Gasteiger partial charge in [0.15, 0.2) is 0 Å². The van der Waals surface area contributed by atoms with Crippen LogP contribution in [0.2, 0.25) is 0 Å². The molecule has 3 rings (SSSR count). The molecule has 5 heteroatoms. The number of aliphatic hydroxyl groups excluding tert-OH is 1. The van der Waals surface area contributed by atoms with Gasteiger partial charge in [-0.25, -0.2) is 4.98 Å². The van der Waals surface area contributed by atoms with E-state index in [0.29, 0.717) is 13.0 Å². The summed E-state index contributed by atoms with van der Waals surface area (Å²) in [6.45, 7) is 4.09. The Balaban J connectivity index is 1.72. The molecule has 1 aliphatic rings. The van der Waals surface area contributed by atoms with Gasteiger partial charge >= 0.3 is 0 Å². The summed E-state index contributed by atoms with van der Waals surface area (Å²) in [6, 6.07) is 10.6. The third-order valence-corrected chi connectivity index (χ3v) is 4.76. The maximum atomic E-state index is 9.76. The van der Waals surface area contributed by atoms with Gasteiger partial charge in [0.05, 0.1) is 18.2 Å². The van der Waals surface area contributed by atoms with Crippen molar-refractivity contribution in [3.05, 3.63) is 35.9 Å². The first-order valence-corrected chi connectivity index (χ1v) is 9.29. The minimum atomic E-state index is -0.409. The van der Waals surface area contributed by atoms with Crippen molar-refractivity contribution in [1.29, 1.82) is 0 Å². The molecule has 1 atom stereocenters. The highest BCUT2D eigenvalue weighted by Gasteiger charge is 2.17. The molecular formula is C20H29N3O2. The number of nitrogens with one attached hydrogen (secondary N) is 1. The normalized spacial score (nSPS) is 16.3. The predicted octanol–water partition coefficient (Wildman–Crippen LogP) is 2.71. The lowest BCUT2D eigenvalue weighted by Crippen LogP contribution is -2.32. The second kappa shape index (κ2) is 9.13. The van der Waals surface area contributed by atoms with Crippen molar-refractivity contribution in [3.63, 3.8) is 0 Å². The molecule has 0 saturated carbocycles. The molecule has 5 nitrogen and oxygen atoms in total. The third-order valence-electron chi connectivity index (χ3n) is 4.76. The fraction of sp³-hybridized carbons (Fsp3) is 0.550. The molecule has 0 bridgehead atoms. The van der Waals surface area contributed by atoms with E-state index >= 15 is 0 Å². The molecule has 0 radical (unpaired) electrons. The van der Waals surface area contributed by atoms with Crippen LogP contribution in [-0.4, -0.2) is 49.5 Å². The number of nitrogens with zero attached hydrogens (tertiary/aromatic N) is 2. The maximum absolute atomic E-state index is 9.76. The number of hydrogen-bond acceptors (Lipinski definition) is 5. The van der Waals surface area contributed by atoms with Crippen LogP contribution >= 0.6 is 0 Å². The Morgan fingerprint density at radius 1 is 1.24 bits per heavy atom. The molecule has 1 saturated heterocycles. The van der Waals surface area contributed by atoms with Gasteiger partial charge in [0.1, 0.15) is 5.82 Å². The highest BCUT2D eigenvalue weighted by molar-refractivity contribution is 5.81. The Morgan fingerprint density at radius 3 is 2.84 bits per heavy atom. The quantitative estimate of drug-likeness (QED) is 0.722. The Morgan fingerprint density at radius 2 is 2.04 bits per heavy atom.